The lowest BCUT2D eigenvalue weighted by Crippen LogP contribution is -2.22. The van der Waals surface area contributed by atoms with Gasteiger partial charge in [-0.3, -0.25) is 0 Å². The number of rotatable bonds is 4. The van der Waals surface area contributed by atoms with Crippen LogP contribution in [0.1, 0.15) is 26.3 Å². The van der Waals surface area contributed by atoms with Crippen molar-refractivity contribution in [2.75, 3.05) is 0 Å². The molecule has 0 fully saturated rings. The number of hydrogen-bond donors (Lipinski definition) is 0. The van der Waals surface area contributed by atoms with Gasteiger partial charge in [-0.2, -0.15) is 8.42 Å². The Kier molecular flexibility index (Phi) is 5.17. The summed E-state index contributed by atoms with van der Waals surface area (Å²) in [6.07, 6.45) is 5.69. The minimum absolute atomic E-state index is 0.239. The molecular formula is C15H16BrNO4S2. The van der Waals surface area contributed by atoms with Crippen LogP contribution in [0.5, 0.6) is 0 Å². The third kappa shape index (κ3) is 4.79. The molecule has 0 aliphatic heterocycles. The Morgan fingerprint density at radius 3 is 2.57 bits per heavy atom. The standard InChI is InChI=1S/C15H16BrNO4S2/c1-15(2,3)21-13(18)6-4-11-8-9-17(10-11)23(19,20)14-7-5-12(16)22-14/h4-10H,1-3H3. The minimum atomic E-state index is -3.61. The van der Waals surface area contributed by atoms with Gasteiger partial charge in [0.1, 0.15) is 9.81 Å². The lowest BCUT2D eigenvalue weighted by atomic mass is 10.2. The van der Waals surface area contributed by atoms with Crippen LogP contribution in [0.2, 0.25) is 0 Å². The number of carbonyl (C=O) groups is 1. The Balaban J connectivity index is 2.16. The van der Waals surface area contributed by atoms with Gasteiger partial charge in [0, 0.05) is 18.5 Å². The van der Waals surface area contributed by atoms with Crippen LogP contribution in [0, 0.1) is 0 Å². The highest BCUT2D eigenvalue weighted by atomic mass is 79.9. The molecule has 0 spiro atoms. The van der Waals surface area contributed by atoms with Crippen LogP contribution in [0.15, 0.2) is 44.7 Å². The Hall–Kier alpha value is -1.38. The zero-order valence-electron chi connectivity index (χ0n) is 12.8. The van der Waals surface area contributed by atoms with Crippen molar-refractivity contribution < 1.29 is 17.9 Å². The van der Waals surface area contributed by atoms with Gasteiger partial charge in [-0.25, -0.2) is 8.77 Å². The van der Waals surface area contributed by atoms with Gasteiger partial charge in [-0.15, -0.1) is 11.3 Å². The molecule has 0 saturated heterocycles. The molecule has 0 aromatic carbocycles. The average molecular weight is 418 g/mol. The molecule has 2 aromatic heterocycles. The summed E-state index contributed by atoms with van der Waals surface area (Å²) in [4.78, 5) is 11.6. The van der Waals surface area contributed by atoms with E-state index in [1.165, 1.54) is 24.5 Å². The Labute approximate surface area is 147 Å². The molecular weight excluding hydrogens is 402 g/mol. The summed E-state index contributed by atoms with van der Waals surface area (Å²) in [5.41, 5.74) is 0.0264. The predicted octanol–water partition coefficient (Wildman–Crippen LogP) is 3.90. The number of carbonyl (C=O) groups excluding carboxylic acids is 1. The van der Waals surface area contributed by atoms with Gasteiger partial charge in [-0.05, 0) is 66.5 Å². The topological polar surface area (TPSA) is 65.4 Å². The molecule has 23 heavy (non-hydrogen) atoms. The molecule has 0 N–H and O–H groups in total. The number of thiophene rings is 1. The summed E-state index contributed by atoms with van der Waals surface area (Å²) in [5.74, 6) is -0.477. The first-order chi connectivity index (χ1) is 10.6. The second-order valence-electron chi connectivity index (χ2n) is 5.71. The number of esters is 1. The van der Waals surface area contributed by atoms with Crippen molar-refractivity contribution in [1.29, 1.82) is 0 Å². The summed E-state index contributed by atoms with van der Waals surface area (Å²) in [6.45, 7) is 5.34. The number of nitrogens with zero attached hydrogens (tertiary/aromatic N) is 1. The summed E-state index contributed by atoms with van der Waals surface area (Å²) in [6, 6.07) is 4.84. The SMILES string of the molecule is CC(C)(C)OC(=O)C=Cc1ccn(S(=O)(=O)c2ccc(Br)s2)c1. The zero-order chi connectivity index (χ0) is 17.3. The first-order valence-electron chi connectivity index (χ1n) is 6.68. The highest BCUT2D eigenvalue weighted by Gasteiger charge is 2.19. The van der Waals surface area contributed by atoms with Crippen molar-refractivity contribution in [2.45, 2.75) is 30.6 Å². The van der Waals surface area contributed by atoms with E-state index in [1.807, 2.05) is 0 Å². The molecule has 0 saturated carbocycles. The molecule has 0 atom stereocenters. The molecule has 0 amide bonds. The fourth-order valence-corrected chi connectivity index (χ4v) is 5.00. The maximum Gasteiger partial charge on any atom is 0.331 e. The van der Waals surface area contributed by atoms with Gasteiger partial charge < -0.3 is 4.74 Å². The molecule has 0 aliphatic carbocycles. The smallest absolute Gasteiger partial charge is 0.331 e. The van der Waals surface area contributed by atoms with E-state index in [0.717, 1.165) is 19.1 Å². The van der Waals surface area contributed by atoms with Crippen molar-refractivity contribution in [3.05, 3.63) is 46.0 Å². The van der Waals surface area contributed by atoms with Gasteiger partial charge in [0.05, 0.1) is 3.79 Å². The molecule has 0 aliphatic rings. The van der Waals surface area contributed by atoms with Crippen LogP contribution in [0.4, 0.5) is 0 Å². The predicted molar refractivity (Wildman–Crippen MR) is 93.9 cm³/mol. The van der Waals surface area contributed by atoms with E-state index in [1.54, 1.807) is 39.0 Å². The largest absolute Gasteiger partial charge is 0.457 e. The quantitative estimate of drug-likeness (QED) is 0.558. The molecule has 2 aromatic rings. The van der Waals surface area contributed by atoms with Crippen molar-refractivity contribution >= 4 is 49.3 Å². The molecule has 0 bridgehead atoms. The summed E-state index contributed by atoms with van der Waals surface area (Å²) < 4.78 is 32.1. The molecule has 5 nitrogen and oxygen atoms in total. The fraction of sp³-hybridized carbons (Fsp3) is 0.267. The second kappa shape index (κ2) is 6.62. The second-order valence-corrected chi connectivity index (χ2v) is 10.2. The highest BCUT2D eigenvalue weighted by molar-refractivity contribution is 9.11. The van der Waals surface area contributed by atoms with Crippen molar-refractivity contribution in [1.82, 2.24) is 3.97 Å². The lowest BCUT2D eigenvalue weighted by molar-refractivity contribution is -0.148. The van der Waals surface area contributed by atoms with Crippen molar-refractivity contribution in [3.63, 3.8) is 0 Å². The van der Waals surface area contributed by atoms with E-state index in [-0.39, 0.29) is 4.21 Å². The van der Waals surface area contributed by atoms with Crippen LogP contribution < -0.4 is 0 Å². The maximum absolute atomic E-state index is 12.4. The van der Waals surface area contributed by atoms with Gasteiger partial charge in [0.2, 0.25) is 0 Å². The molecule has 0 unspecified atom stereocenters. The van der Waals surface area contributed by atoms with Crippen molar-refractivity contribution in [2.24, 2.45) is 0 Å². The fourth-order valence-electron chi connectivity index (χ4n) is 1.68. The Morgan fingerprint density at radius 2 is 2.00 bits per heavy atom. The molecule has 8 heteroatoms. The third-order valence-electron chi connectivity index (χ3n) is 2.59. The molecule has 124 valence electrons. The van der Waals surface area contributed by atoms with E-state index >= 15 is 0 Å². The van der Waals surface area contributed by atoms with Crippen LogP contribution in [0.25, 0.3) is 6.08 Å². The van der Waals surface area contributed by atoms with E-state index in [2.05, 4.69) is 15.9 Å². The van der Waals surface area contributed by atoms with E-state index < -0.39 is 21.6 Å². The van der Waals surface area contributed by atoms with E-state index in [0.29, 0.717) is 5.56 Å². The summed E-state index contributed by atoms with van der Waals surface area (Å²) in [7, 11) is -3.61. The van der Waals surface area contributed by atoms with Crippen LogP contribution in [0.3, 0.4) is 0 Å². The third-order valence-corrected chi connectivity index (χ3v) is 6.32. The van der Waals surface area contributed by atoms with Crippen LogP contribution >= 0.6 is 27.3 Å². The minimum Gasteiger partial charge on any atom is -0.457 e. The van der Waals surface area contributed by atoms with Crippen LogP contribution in [-0.4, -0.2) is 24.0 Å². The normalized spacial score (nSPS) is 12.7. The van der Waals surface area contributed by atoms with E-state index in [4.69, 9.17) is 4.74 Å². The van der Waals surface area contributed by atoms with Gasteiger partial charge in [0.15, 0.2) is 0 Å². The van der Waals surface area contributed by atoms with Crippen LogP contribution in [-0.2, 0) is 19.6 Å². The van der Waals surface area contributed by atoms with Gasteiger partial charge in [-0.1, -0.05) is 0 Å². The van der Waals surface area contributed by atoms with E-state index in [9.17, 15) is 13.2 Å². The average Bonchev–Trinajstić information content (AvgIpc) is 3.03. The molecule has 2 rings (SSSR count). The summed E-state index contributed by atoms with van der Waals surface area (Å²) in [5, 5.41) is 0. The lowest BCUT2D eigenvalue weighted by Gasteiger charge is -2.17. The monoisotopic (exact) mass is 417 g/mol. The van der Waals surface area contributed by atoms with Gasteiger partial charge in [0.25, 0.3) is 10.0 Å². The summed E-state index contributed by atoms with van der Waals surface area (Å²) >= 11 is 4.39. The maximum atomic E-state index is 12.4. The Morgan fingerprint density at radius 1 is 1.30 bits per heavy atom. The number of ether oxygens (including phenoxy) is 1. The number of aromatic nitrogens is 1. The first kappa shape index (κ1) is 18.0. The van der Waals surface area contributed by atoms with Gasteiger partial charge >= 0.3 is 5.97 Å². The number of hydrogen-bond acceptors (Lipinski definition) is 5. The molecule has 2 heterocycles. The number of halogens is 1. The zero-order valence-corrected chi connectivity index (χ0v) is 16.0. The Bertz CT molecular complexity index is 841. The van der Waals surface area contributed by atoms with Crippen molar-refractivity contribution in [3.8, 4) is 0 Å². The highest BCUT2D eigenvalue weighted by Crippen LogP contribution is 2.28. The first-order valence-corrected chi connectivity index (χ1v) is 9.73. The molecule has 0 radical (unpaired) electrons.